The zero-order valence-corrected chi connectivity index (χ0v) is 29.6. The molecule has 53 heavy (non-hydrogen) atoms. The molecule has 0 saturated carbocycles. The molecule has 2 heteroatoms. The van der Waals surface area contributed by atoms with Gasteiger partial charge in [0.25, 0.3) is 0 Å². The maximum Gasteiger partial charge on any atom is 0.0621 e. The van der Waals surface area contributed by atoms with Gasteiger partial charge in [0, 0.05) is 38.3 Å². The van der Waals surface area contributed by atoms with Crippen LogP contribution in [0.4, 0.5) is 17.1 Å². The molecule has 0 spiro atoms. The minimum atomic E-state index is -0.0631. The van der Waals surface area contributed by atoms with E-state index in [1.165, 1.54) is 98.4 Å². The average molecular weight is 675 g/mol. The Balaban J connectivity index is 1.20. The van der Waals surface area contributed by atoms with Crippen LogP contribution < -0.4 is 4.90 Å². The van der Waals surface area contributed by atoms with Gasteiger partial charge in [-0.1, -0.05) is 141 Å². The predicted molar refractivity (Wildman–Crippen MR) is 226 cm³/mol. The van der Waals surface area contributed by atoms with Crippen LogP contribution in [-0.2, 0) is 5.41 Å². The number of hydrogen-bond acceptors (Lipinski definition) is 1. The molecule has 2 heterocycles. The second-order valence-electron chi connectivity index (χ2n) is 15.3. The molecule has 1 aliphatic rings. The van der Waals surface area contributed by atoms with Gasteiger partial charge in [-0.05, 0) is 97.0 Å². The van der Waals surface area contributed by atoms with Crippen molar-refractivity contribution >= 4 is 87.5 Å². The number of benzene rings is 9. The molecule has 2 nitrogen and oxygen atoms in total. The van der Waals surface area contributed by atoms with Crippen LogP contribution in [0.25, 0.3) is 81.5 Å². The molecule has 0 saturated heterocycles. The van der Waals surface area contributed by atoms with Crippen molar-refractivity contribution in [3.05, 3.63) is 181 Å². The molecule has 12 rings (SSSR count). The van der Waals surface area contributed by atoms with Gasteiger partial charge in [-0.25, -0.2) is 0 Å². The van der Waals surface area contributed by atoms with Crippen molar-refractivity contribution in [1.29, 1.82) is 0 Å². The molecule has 0 bridgehead atoms. The number of nitrogens with zero attached hydrogens (tertiary/aromatic N) is 2. The number of aromatic nitrogens is 1. The summed E-state index contributed by atoms with van der Waals surface area (Å²) in [6, 6.07) is 63.4. The van der Waals surface area contributed by atoms with Crippen LogP contribution in [0.3, 0.4) is 0 Å². The summed E-state index contributed by atoms with van der Waals surface area (Å²) in [5.74, 6) is 0. The van der Waals surface area contributed by atoms with Crippen LogP contribution in [0.15, 0.2) is 170 Å². The Morgan fingerprint density at radius 2 is 0.943 bits per heavy atom. The first-order chi connectivity index (χ1) is 26.1. The molecule has 0 aliphatic heterocycles. The Morgan fingerprint density at radius 1 is 0.396 bits per heavy atom. The molecule has 248 valence electrons. The van der Waals surface area contributed by atoms with Gasteiger partial charge in [0.05, 0.1) is 22.2 Å². The van der Waals surface area contributed by atoms with E-state index >= 15 is 0 Å². The minimum Gasteiger partial charge on any atom is -0.310 e. The minimum absolute atomic E-state index is 0.0631. The maximum atomic E-state index is 2.52. The lowest BCUT2D eigenvalue weighted by molar-refractivity contribution is 0.660. The van der Waals surface area contributed by atoms with Gasteiger partial charge < -0.3 is 9.30 Å². The SMILES string of the molecule is CC1(C)c2ccccc2-c2cc(N(c3ccc4c5ccccc5c5ccccc5c4c3)c3cccc4c3c3cccc5c6ccccc6n4c53)ccc21. The monoisotopic (exact) mass is 674 g/mol. The van der Waals surface area contributed by atoms with E-state index in [2.05, 4.69) is 193 Å². The molecule has 2 aromatic heterocycles. The molecule has 0 N–H and O–H groups in total. The Labute approximate surface area is 307 Å². The molecule has 0 radical (unpaired) electrons. The van der Waals surface area contributed by atoms with E-state index < -0.39 is 0 Å². The van der Waals surface area contributed by atoms with Crippen LogP contribution in [-0.4, -0.2) is 4.40 Å². The number of anilines is 3. The van der Waals surface area contributed by atoms with E-state index in [0.717, 1.165) is 11.4 Å². The van der Waals surface area contributed by atoms with Crippen LogP contribution in [0, 0.1) is 0 Å². The lowest BCUT2D eigenvalue weighted by Gasteiger charge is -2.28. The maximum absolute atomic E-state index is 2.52. The second kappa shape index (κ2) is 10.2. The first-order valence-corrected chi connectivity index (χ1v) is 18.6. The fraction of sp³-hybridized carbons (Fsp3) is 0.0588. The zero-order valence-electron chi connectivity index (χ0n) is 29.6. The van der Waals surface area contributed by atoms with Gasteiger partial charge in [0.2, 0.25) is 0 Å². The third kappa shape index (κ3) is 3.72. The molecule has 0 atom stereocenters. The third-order valence-corrected chi connectivity index (χ3v) is 12.3. The van der Waals surface area contributed by atoms with Crippen LogP contribution in [0.1, 0.15) is 25.0 Å². The van der Waals surface area contributed by atoms with Gasteiger partial charge in [-0.3, -0.25) is 0 Å². The van der Waals surface area contributed by atoms with Gasteiger partial charge >= 0.3 is 0 Å². The van der Waals surface area contributed by atoms with Crippen molar-refractivity contribution in [1.82, 2.24) is 4.40 Å². The van der Waals surface area contributed by atoms with E-state index in [0.29, 0.717) is 0 Å². The summed E-state index contributed by atoms with van der Waals surface area (Å²) >= 11 is 0. The second-order valence-corrected chi connectivity index (χ2v) is 15.3. The normalized spacial score (nSPS) is 13.6. The highest BCUT2D eigenvalue weighted by molar-refractivity contribution is 6.28. The Morgan fingerprint density at radius 3 is 1.74 bits per heavy atom. The molecule has 0 unspecified atom stereocenters. The average Bonchev–Trinajstić information content (AvgIpc) is 3.81. The van der Waals surface area contributed by atoms with Crippen molar-refractivity contribution in [2.75, 3.05) is 4.90 Å². The number of rotatable bonds is 3. The third-order valence-electron chi connectivity index (χ3n) is 12.3. The lowest BCUT2D eigenvalue weighted by Crippen LogP contribution is -2.15. The van der Waals surface area contributed by atoms with Crippen molar-refractivity contribution in [3.63, 3.8) is 0 Å². The highest BCUT2D eigenvalue weighted by Crippen LogP contribution is 2.52. The topological polar surface area (TPSA) is 7.65 Å². The molecule has 1 aliphatic carbocycles. The van der Waals surface area contributed by atoms with Crippen molar-refractivity contribution < 1.29 is 0 Å². The summed E-state index contributed by atoms with van der Waals surface area (Å²) in [4.78, 5) is 2.52. The summed E-state index contributed by atoms with van der Waals surface area (Å²) in [5.41, 5.74) is 12.6. The van der Waals surface area contributed by atoms with Crippen molar-refractivity contribution in [2.45, 2.75) is 19.3 Å². The van der Waals surface area contributed by atoms with Crippen molar-refractivity contribution in [3.8, 4) is 11.1 Å². The largest absolute Gasteiger partial charge is 0.310 e. The number of para-hydroxylation sites is 2. The van der Waals surface area contributed by atoms with Gasteiger partial charge in [-0.2, -0.15) is 0 Å². The summed E-state index contributed by atoms with van der Waals surface area (Å²) in [7, 11) is 0. The standard InChI is InChI=1S/C51H34N2/c1-51(2)44-21-9-7-17-38(44)43-30-32(26-28-45(43)51)52(31-25-27-37-35-15-4-3-13-33(35)34-14-5-6-16-36(34)42(37)29-31)47-23-12-24-48-49(47)41-20-11-19-40-39-18-8-10-22-46(39)53(48)50(40)41/h3-30H,1-2H3. The summed E-state index contributed by atoms with van der Waals surface area (Å²) < 4.78 is 2.48. The summed E-state index contributed by atoms with van der Waals surface area (Å²) in [6.07, 6.45) is 0. The fourth-order valence-corrected chi connectivity index (χ4v) is 9.96. The van der Waals surface area contributed by atoms with Crippen LogP contribution in [0.2, 0.25) is 0 Å². The van der Waals surface area contributed by atoms with E-state index in [-0.39, 0.29) is 5.41 Å². The Kier molecular flexibility index (Phi) is 5.60. The molecular formula is C51H34N2. The Hall–Kier alpha value is -6.64. The number of hydrogen-bond donors (Lipinski definition) is 0. The highest BCUT2D eigenvalue weighted by Gasteiger charge is 2.36. The smallest absolute Gasteiger partial charge is 0.0621 e. The fourth-order valence-electron chi connectivity index (χ4n) is 9.96. The Bertz CT molecular complexity index is 3290. The van der Waals surface area contributed by atoms with Crippen LogP contribution in [0.5, 0.6) is 0 Å². The molecule has 0 amide bonds. The van der Waals surface area contributed by atoms with Crippen molar-refractivity contribution in [2.24, 2.45) is 0 Å². The van der Waals surface area contributed by atoms with E-state index in [1.807, 2.05) is 0 Å². The van der Waals surface area contributed by atoms with E-state index in [4.69, 9.17) is 0 Å². The van der Waals surface area contributed by atoms with E-state index in [1.54, 1.807) is 0 Å². The molecular weight excluding hydrogens is 641 g/mol. The molecule has 11 aromatic rings. The predicted octanol–water partition coefficient (Wildman–Crippen LogP) is 14.1. The quantitative estimate of drug-likeness (QED) is 0.169. The van der Waals surface area contributed by atoms with E-state index in [9.17, 15) is 0 Å². The molecule has 9 aromatic carbocycles. The lowest BCUT2D eigenvalue weighted by atomic mass is 9.82. The van der Waals surface area contributed by atoms with Gasteiger partial charge in [0.15, 0.2) is 0 Å². The summed E-state index contributed by atoms with van der Waals surface area (Å²) in [5, 5.41) is 12.8. The van der Waals surface area contributed by atoms with Gasteiger partial charge in [-0.15, -0.1) is 0 Å². The zero-order chi connectivity index (χ0) is 35.0. The van der Waals surface area contributed by atoms with Crippen LogP contribution >= 0.6 is 0 Å². The highest BCUT2D eigenvalue weighted by atomic mass is 15.1. The first-order valence-electron chi connectivity index (χ1n) is 18.6. The summed E-state index contributed by atoms with van der Waals surface area (Å²) in [6.45, 7) is 4.72. The number of fused-ring (bicyclic) bond motifs is 15. The first kappa shape index (κ1) is 29.0. The van der Waals surface area contributed by atoms with Gasteiger partial charge in [0.1, 0.15) is 0 Å². The molecule has 0 fully saturated rings.